The van der Waals surface area contributed by atoms with Gasteiger partial charge in [-0.1, -0.05) is 0 Å². The Balaban J connectivity index is 2.73. The van der Waals surface area contributed by atoms with Crippen molar-refractivity contribution in [3.63, 3.8) is 0 Å². The second-order valence-corrected chi connectivity index (χ2v) is 5.18. The lowest BCUT2D eigenvalue weighted by atomic mass is 9.79. The molecule has 0 aromatic rings. The van der Waals surface area contributed by atoms with Crippen molar-refractivity contribution in [2.24, 2.45) is 11.7 Å². The number of aliphatic hydroxyl groups is 3. The average Bonchev–Trinajstić information content (AvgIpc) is 2.22. The van der Waals surface area contributed by atoms with Crippen molar-refractivity contribution in [3.8, 4) is 0 Å². The van der Waals surface area contributed by atoms with Crippen LogP contribution in [0.1, 0.15) is 0 Å². The van der Waals surface area contributed by atoms with Crippen LogP contribution in [0.4, 0.5) is 4.39 Å². The number of aliphatic hydroxyl groups excluding tert-OH is 3. The van der Waals surface area contributed by atoms with E-state index in [2.05, 4.69) is 4.52 Å². The number of hydrogen-bond donors (Lipinski definition) is 6. The van der Waals surface area contributed by atoms with Crippen LogP contribution in [-0.2, 0) is 9.09 Å². The van der Waals surface area contributed by atoms with Crippen molar-refractivity contribution >= 4 is 7.82 Å². The van der Waals surface area contributed by atoms with Gasteiger partial charge in [0, 0.05) is 5.92 Å². The molecule has 0 saturated heterocycles. The van der Waals surface area contributed by atoms with Gasteiger partial charge in [0.15, 0.2) is 0 Å². The van der Waals surface area contributed by atoms with E-state index in [1.165, 1.54) is 0 Å². The lowest BCUT2D eigenvalue weighted by molar-refractivity contribution is -0.143. The molecule has 17 heavy (non-hydrogen) atoms. The molecule has 0 radical (unpaired) electrons. The van der Waals surface area contributed by atoms with Crippen molar-refractivity contribution in [2.45, 2.75) is 30.5 Å². The monoisotopic (exact) mass is 275 g/mol. The van der Waals surface area contributed by atoms with Gasteiger partial charge in [0.05, 0.1) is 24.9 Å². The van der Waals surface area contributed by atoms with Gasteiger partial charge in [-0.15, -0.1) is 0 Å². The molecule has 0 aromatic carbocycles. The van der Waals surface area contributed by atoms with E-state index in [1.807, 2.05) is 0 Å². The predicted molar refractivity (Wildman–Crippen MR) is 52.4 cm³/mol. The maximum Gasteiger partial charge on any atom is 0.469 e. The number of nitrogens with two attached hydrogens (primary N) is 1. The van der Waals surface area contributed by atoms with Gasteiger partial charge in [-0.05, 0) is 0 Å². The second kappa shape index (κ2) is 5.25. The Morgan fingerprint density at radius 3 is 2.18 bits per heavy atom. The standard InChI is InChI=1S/C7H15FNO7P/c8-3-2(1-16-17(13,14)15)5(10)7(12)4(9)6(3)11/h2-7,10-12H,1,9H2,(H2,13,14,15)/t2-,3+,4-,5+,6-,7+/m0/s1. The molecule has 0 amide bonds. The first-order chi connectivity index (χ1) is 7.65. The fourth-order valence-corrected chi connectivity index (χ4v) is 2.08. The summed E-state index contributed by atoms with van der Waals surface area (Å²) >= 11 is 0. The average molecular weight is 275 g/mol. The van der Waals surface area contributed by atoms with E-state index >= 15 is 0 Å². The smallest absolute Gasteiger partial charge is 0.390 e. The van der Waals surface area contributed by atoms with Crippen LogP contribution in [0.25, 0.3) is 0 Å². The summed E-state index contributed by atoms with van der Waals surface area (Å²) in [5.74, 6) is -1.47. The molecule has 1 saturated carbocycles. The Morgan fingerprint density at radius 2 is 1.71 bits per heavy atom. The molecule has 0 aliphatic heterocycles. The highest BCUT2D eigenvalue weighted by molar-refractivity contribution is 7.46. The van der Waals surface area contributed by atoms with Crippen molar-refractivity contribution < 1.29 is 38.6 Å². The Labute approximate surface area is 96.1 Å². The summed E-state index contributed by atoms with van der Waals surface area (Å²) in [7, 11) is -4.81. The second-order valence-electron chi connectivity index (χ2n) is 3.94. The summed E-state index contributed by atoms with van der Waals surface area (Å²) in [5, 5.41) is 28.2. The minimum atomic E-state index is -4.81. The fraction of sp³-hybridized carbons (Fsp3) is 1.00. The largest absolute Gasteiger partial charge is 0.469 e. The first-order valence-corrected chi connectivity index (χ1v) is 6.32. The van der Waals surface area contributed by atoms with Crippen LogP contribution in [0.15, 0.2) is 0 Å². The fourth-order valence-electron chi connectivity index (χ4n) is 1.71. The van der Waals surface area contributed by atoms with Gasteiger partial charge in [-0.3, -0.25) is 4.52 Å². The Morgan fingerprint density at radius 1 is 1.18 bits per heavy atom. The van der Waals surface area contributed by atoms with E-state index in [4.69, 9.17) is 15.5 Å². The van der Waals surface area contributed by atoms with Gasteiger partial charge in [0.2, 0.25) is 0 Å². The summed E-state index contributed by atoms with van der Waals surface area (Å²) in [6.45, 7) is -0.840. The molecule has 8 nitrogen and oxygen atoms in total. The van der Waals surface area contributed by atoms with Crippen LogP contribution in [0, 0.1) is 5.92 Å². The molecular weight excluding hydrogens is 260 g/mol. The number of alkyl halides is 1. The lowest BCUT2D eigenvalue weighted by Gasteiger charge is -2.41. The van der Waals surface area contributed by atoms with Gasteiger partial charge < -0.3 is 30.8 Å². The zero-order valence-electron chi connectivity index (χ0n) is 8.63. The molecule has 0 bridgehead atoms. The van der Waals surface area contributed by atoms with Gasteiger partial charge in [-0.2, -0.15) is 0 Å². The lowest BCUT2D eigenvalue weighted by Crippen LogP contribution is -2.63. The molecule has 10 heteroatoms. The molecule has 0 unspecified atom stereocenters. The SMILES string of the molecule is N[C@@H]1[C@@H](O)[C@H](O)[C@@H](COP(=O)(O)O)[C@@H](F)[C@@H]1O. The molecule has 0 aromatic heterocycles. The molecular formula is C7H15FNO7P. The van der Waals surface area contributed by atoms with Gasteiger partial charge in [0.25, 0.3) is 0 Å². The van der Waals surface area contributed by atoms with Crippen LogP contribution < -0.4 is 5.73 Å². The van der Waals surface area contributed by atoms with Crippen LogP contribution in [0.3, 0.4) is 0 Å². The Bertz CT molecular complexity index is 297. The van der Waals surface area contributed by atoms with Gasteiger partial charge in [-0.25, -0.2) is 8.96 Å². The van der Waals surface area contributed by atoms with Gasteiger partial charge in [0.1, 0.15) is 12.3 Å². The van der Waals surface area contributed by atoms with Crippen LogP contribution in [-0.4, -0.2) is 62.2 Å². The van der Waals surface area contributed by atoms with Crippen molar-refractivity contribution in [1.29, 1.82) is 0 Å². The third kappa shape index (κ3) is 3.43. The quantitative estimate of drug-likeness (QED) is 0.308. The molecule has 1 fully saturated rings. The zero-order chi connectivity index (χ0) is 13.4. The third-order valence-corrected chi connectivity index (χ3v) is 3.23. The number of phosphoric ester groups is 1. The van der Waals surface area contributed by atoms with E-state index in [-0.39, 0.29) is 0 Å². The first-order valence-electron chi connectivity index (χ1n) is 4.79. The predicted octanol–water partition coefficient (Wildman–Crippen LogP) is -2.53. The van der Waals surface area contributed by atoms with Gasteiger partial charge >= 0.3 is 7.82 Å². The molecule has 1 aliphatic carbocycles. The number of halogens is 1. The topological polar surface area (TPSA) is 153 Å². The molecule has 6 atom stereocenters. The molecule has 1 rings (SSSR count). The summed E-state index contributed by atoms with van der Waals surface area (Å²) in [4.78, 5) is 16.9. The number of phosphoric acid groups is 1. The zero-order valence-corrected chi connectivity index (χ0v) is 9.52. The highest BCUT2D eigenvalue weighted by atomic mass is 31.2. The normalized spacial score (nSPS) is 43.7. The Kier molecular flexibility index (Phi) is 4.61. The third-order valence-electron chi connectivity index (χ3n) is 2.75. The van der Waals surface area contributed by atoms with Crippen molar-refractivity contribution in [2.75, 3.05) is 6.61 Å². The van der Waals surface area contributed by atoms with E-state index in [0.29, 0.717) is 0 Å². The summed E-state index contributed by atoms with van der Waals surface area (Å²) in [5.41, 5.74) is 5.25. The maximum atomic E-state index is 13.6. The van der Waals surface area contributed by atoms with E-state index in [9.17, 15) is 24.3 Å². The molecule has 0 spiro atoms. The van der Waals surface area contributed by atoms with Crippen LogP contribution in [0.2, 0.25) is 0 Å². The van der Waals surface area contributed by atoms with Crippen LogP contribution >= 0.6 is 7.82 Å². The molecule has 7 N–H and O–H groups in total. The summed E-state index contributed by atoms with van der Waals surface area (Å²) < 4.78 is 28.0. The highest BCUT2D eigenvalue weighted by Crippen LogP contribution is 2.38. The Hall–Kier alpha value is -0.120. The number of hydrogen-bond acceptors (Lipinski definition) is 6. The minimum Gasteiger partial charge on any atom is -0.390 e. The van der Waals surface area contributed by atoms with Crippen molar-refractivity contribution in [1.82, 2.24) is 0 Å². The van der Waals surface area contributed by atoms with E-state index < -0.39 is 50.9 Å². The number of rotatable bonds is 3. The minimum absolute atomic E-state index is 0.840. The van der Waals surface area contributed by atoms with Crippen molar-refractivity contribution in [3.05, 3.63) is 0 Å². The van der Waals surface area contributed by atoms with E-state index in [1.54, 1.807) is 0 Å². The summed E-state index contributed by atoms with van der Waals surface area (Å²) in [6, 6.07) is -1.37. The molecule has 0 heterocycles. The highest BCUT2D eigenvalue weighted by Gasteiger charge is 2.48. The summed E-state index contributed by atoms with van der Waals surface area (Å²) in [6.07, 6.45) is -7.05. The maximum absolute atomic E-state index is 13.6. The molecule has 102 valence electrons. The van der Waals surface area contributed by atoms with Crippen LogP contribution in [0.5, 0.6) is 0 Å². The van der Waals surface area contributed by atoms with E-state index in [0.717, 1.165) is 0 Å². The molecule has 1 aliphatic rings. The first kappa shape index (κ1) is 14.9.